The summed E-state index contributed by atoms with van der Waals surface area (Å²) in [5.74, 6) is 2.08. The number of hydrogen-bond acceptors (Lipinski definition) is 4. The highest BCUT2D eigenvalue weighted by molar-refractivity contribution is 5.39. The van der Waals surface area contributed by atoms with E-state index in [-0.39, 0.29) is 0 Å². The van der Waals surface area contributed by atoms with Gasteiger partial charge in [-0.2, -0.15) is 5.10 Å². The van der Waals surface area contributed by atoms with E-state index in [1.807, 2.05) is 24.6 Å². The Morgan fingerprint density at radius 2 is 2.08 bits per heavy atom. The maximum absolute atomic E-state index is 4.68. The Hall–Kier alpha value is -2.69. The van der Waals surface area contributed by atoms with Gasteiger partial charge in [-0.3, -0.25) is 4.98 Å². The van der Waals surface area contributed by atoms with Gasteiger partial charge in [-0.25, -0.2) is 9.67 Å². The third-order valence-electron chi connectivity index (χ3n) is 4.87. The van der Waals surface area contributed by atoms with E-state index in [0.29, 0.717) is 5.92 Å². The number of anilines is 1. The summed E-state index contributed by atoms with van der Waals surface area (Å²) in [5.41, 5.74) is 5.01. The van der Waals surface area contributed by atoms with Crippen molar-refractivity contribution in [3.8, 4) is 5.82 Å². The van der Waals surface area contributed by atoms with Gasteiger partial charge in [-0.1, -0.05) is 24.3 Å². The van der Waals surface area contributed by atoms with Crippen LogP contribution in [-0.4, -0.2) is 26.3 Å². The average molecular weight is 333 g/mol. The molecule has 1 unspecified atom stereocenters. The van der Waals surface area contributed by atoms with E-state index in [1.165, 1.54) is 30.4 Å². The lowest BCUT2D eigenvalue weighted by Gasteiger charge is -2.25. The van der Waals surface area contributed by atoms with E-state index in [4.69, 9.17) is 0 Å². The van der Waals surface area contributed by atoms with E-state index in [0.717, 1.165) is 29.6 Å². The molecule has 2 aromatic heterocycles. The summed E-state index contributed by atoms with van der Waals surface area (Å²) < 4.78 is 1.84. The summed E-state index contributed by atoms with van der Waals surface area (Å²) >= 11 is 0. The first kappa shape index (κ1) is 15.8. The molecule has 25 heavy (non-hydrogen) atoms. The summed E-state index contributed by atoms with van der Waals surface area (Å²) in [5, 5.41) is 7.96. The number of aryl methyl sites for hydroxylation is 3. The molecule has 0 bridgehead atoms. The van der Waals surface area contributed by atoms with Crippen molar-refractivity contribution in [2.75, 3.05) is 11.9 Å². The second-order valence-corrected chi connectivity index (χ2v) is 6.77. The molecule has 3 aromatic rings. The predicted molar refractivity (Wildman–Crippen MR) is 99.2 cm³/mol. The zero-order chi connectivity index (χ0) is 17.2. The van der Waals surface area contributed by atoms with Crippen LogP contribution in [0.25, 0.3) is 5.82 Å². The Bertz CT molecular complexity index is 883. The highest BCUT2D eigenvalue weighted by atomic mass is 15.3. The van der Waals surface area contributed by atoms with E-state index < -0.39 is 0 Å². The minimum Gasteiger partial charge on any atom is -0.368 e. The molecule has 2 heterocycles. The molecule has 5 nitrogen and oxygen atoms in total. The van der Waals surface area contributed by atoms with Gasteiger partial charge in [0.05, 0.1) is 18.1 Å². The Balaban J connectivity index is 1.51. The third kappa shape index (κ3) is 3.27. The molecular weight excluding hydrogens is 310 g/mol. The van der Waals surface area contributed by atoms with Crippen LogP contribution < -0.4 is 5.32 Å². The fourth-order valence-electron chi connectivity index (χ4n) is 3.70. The Morgan fingerprint density at radius 3 is 2.92 bits per heavy atom. The van der Waals surface area contributed by atoms with Crippen molar-refractivity contribution in [1.29, 1.82) is 0 Å². The first-order valence-electron chi connectivity index (χ1n) is 8.88. The van der Waals surface area contributed by atoms with Crippen LogP contribution >= 0.6 is 0 Å². The number of nitrogens with zero attached hydrogens (tertiary/aromatic N) is 4. The fraction of sp³-hybridized carbons (Fsp3) is 0.350. The number of benzene rings is 1. The maximum Gasteiger partial charge on any atom is 0.174 e. The highest BCUT2D eigenvalue weighted by Crippen LogP contribution is 2.31. The van der Waals surface area contributed by atoms with Crippen molar-refractivity contribution in [2.45, 2.75) is 39.0 Å². The summed E-state index contributed by atoms with van der Waals surface area (Å²) in [6.07, 6.45) is 7.19. The molecule has 0 fully saturated rings. The summed E-state index contributed by atoms with van der Waals surface area (Å²) in [6, 6.07) is 10.8. The van der Waals surface area contributed by atoms with Crippen LogP contribution in [-0.2, 0) is 6.42 Å². The lowest BCUT2D eigenvalue weighted by molar-refractivity contribution is 0.571. The van der Waals surface area contributed by atoms with Gasteiger partial charge >= 0.3 is 0 Å². The van der Waals surface area contributed by atoms with E-state index >= 15 is 0 Å². The van der Waals surface area contributed by atoms with Gasteiger partial charge in [0.2, 0.25) is 0 Å². The molecule has 1 aliphatic carbocycles. The monoisotopic (exact) mass is 333 g/mol. The van der Waals surface area contributed by atoms with Crippen molar-refractivity contribution in [2.24, 2.45) is 0 Å². The quantitative estimate of drug-likeness (QED) is 0.789. The summed E-state index contributed by atoms with van der Waals surface area (Å²) in [7, 11) is 0. The second-order valence-electron chi connectivity index (χ2n) is 6.77. The molecule has 0 aliphatic heterocycles. The number of aromatic nitrogens is 4. The van der Waals surface area contributed by atoms with Crippen LogP contribution in [0.2, 0.25) is 0 Å². The normalized spacial score (nSPS) is 16.5. The van der Waals surface area contributed by atoms with E-state index in [9.17, 15) is 0 Å². The predicted octanol–water partition coefficient (Wildman–Crippen LogP) is 3.81. The van der Waals surface area contributed by atoms with Crippen molar-refractivity contribution in [3.05, 3.63) is 65.2 Å². The molecule has 4 rings (SSSR count). The van der Waals surface area contributed by atoms with Crippen LogP contribution in [0.15, 0.2) is 42.7 Å². The zero-order valence-electron chi connectivity index (χ0n) is 14.7. The lowest BCUT2D eigenvalue weighted by atomic mass is 9.83. The fourth-order valence-corrected chi connectivity index (χ4v) is 3.70. The first-order valence-corrected chi connectivity index (χ1v) is 8.88. The molecule has 5 heteroatoms. The molecule has 128 valence electrons. The maximum atomic E-state index is 4.68. The van der Waals surface area contributed by atoms with Gasteiger partial charge < -0.3 is 5.32 Å². The first-order chi connectivity index (χ1) is 12.2. The Kier molecular flexibility index (Phi) is 4.22. The van der Waals surface area contributed by atoms with Gasteiger partial charge in [0, 0.05) is 18.2 Å². The van der Waals surface area contributed by atoms with Crippen LogP contribution in [0.1, 0.15) is 41.3 Å². The zero-order valence-corrected chi connectivity index (χ0v) is 14.7. The average Bonchev–Trinajstić information content (AvgIpc) is 2.98. The van der Waals surface area contributed by atoms with E-state index in [2.05, 4.69) is 44.6 Å². The largest absolute Gasteiger partial charge is 0.368 e. The highest BCUT2D eigenvalue weighted by Gasteiger charge is 2.19. The molecule has 0 spiro atoms. The van der Waals surface area contributed by atoms with Crippen LogP contribution in [0, 0.1) is 13.8 Å². The SMILES string of the molecule is Cc1cc(C)n(-c2cncc(NCC3CCCc4ccccc43)n2)n1. The summed E-state index contributed by atoms with van der Waals surface area (Å²) in [4.78, 5) is 9.02. The van der Waals surface area contributed by atoms with Crippen molar-refractivity contribution >= 4 is 5.82 Å². The van der Waals surface area contributed by atoms with Gasteiger partial charge in [-0.15, -0.1) is 0 Å². The minimum absolute atomic E-state index is 0.532. The Labute approximate surface area is 148 Å². The number of fused-ring (bicyclic) bond motifs is 1. The Morgan fingerprint density at radius 1 is 1.20 bits per heavy atom. The van der Waals surface area contributed by atoms with Crippen molar-refractivity contribution < 1.29 is 0 Å². The molecule has 1 aromatic carbocycles. The number of nitrogens with one attached hydrogen (secondary N) is 1. The van der Waals surface area contributed by atoms with Gasteiger partial charge in [0.15, 0.2) is 5.82 Å². The minimum atomic E-state index is 0.532. The second kappa shape index (κ2) is 6.67. The molecule has 1 N–H and O–H groups in total. The topological polar surface area (TPSA) is 55.6 Å². The van der Waals surface area contributed by atoms with Crippen LogP contribution in [0.4, 0.5) is 5.82 Å². The van der Waals surface area contributed by atoms with Crippen LogP contribution in [0.5, 0.6) is 0 Å². The van der Waals surface area contributed by atoms with Gasteiger partial charge in [0.1, 0.15) is 5.82 Å². The summed E-state index contributed by atoms with van der Waals surface area (Å²) in [6.45, 7) is 4.90. The molecule has 0 radical (unpaired) electrons. The smallest absolute Gasteiger partial charge is 0.174 e. The molecular formula is C20H23N5. The van der Waals surface area contributed by atoms with Gasteiger partial charge in [-0.05, 0) is 50.3 Å². The molecule has 0 amide bonds. The number of hydrogen-bond donors (Lipinski definition) is 1. The molecule has 0 saturated heterocycles. The standard InChI is InChI=1S/C20H23N5/c1-14-10-15(2)25(24-14)20-13-21-12-19(23-20)22-11-17-8-5-7-16-6-3-4-9-18(16)17/h3-4,6,9-10,12-13,17H,5,7-8,11H2,1-2H3,(H,22,23). The van der Waals surface area contributed by atoms with Crippen molar-refractivity contribution in [3.63, 3.8) is 0 Å². The number of rotatable bonds is 4. The molecule has 1 aliphatic rings. The molecule has 0 saturated carbocycles. The third-order valence-corrected chi connectivity index (χ3v) is 4.87. The van der Waals surface area contributed by atoms with E-state index in [1.54, 1.807) is 12.4 Å². The van der Waals surface area contributed by atoms with Gasteiger partial charge in [0.25, 0.3) is 0 Å². The lowest BCUT2D eigenvalue weighted by Crippen LogP contribution is -2.19. The van der Waals surface area contributed by atoms with Crippen molar-refractivity contribution in [1.82, 2.24) is 19.7 Å². The van der Waals surface area contributed by atoms with Crippen LogP contribution in [0.3, 0.4) is 0 Å². The molecule has 1 atom stereocenters.